The van der Waals surface area contributed by atoms with Gasteiger partial charge in [0.1, 0.15) is 5.75 Å². The average Bonchev–Trinajstić information content (AvgIpc) is 3.31. The molecule has 0 bridgehead atoms. The number of nitrogens with one attached hydrogen (secondary N) is 1. The number of amides is 1. The number of likely N-dealkylation sites (tertiary alicyclic amines) is 1. The molecule has 0 aliphatic carbocycles. The summed E-state index contributed by atoms with van der Waals surface area (Å²) in [7, 11) is 3.54. The maximum Gasteiger partial charge on any atom is 0.239 e. The highest BCUT2D eigenvalue weighted by Gasteiger charge is 2.30. The Kier molecular flexibility index (Phi) is 7.75. The third-order valence-corrected chi connectivity index (χ3v) is 6.02. The molecule has 2 fully saturated rings. The van der Waals surface area contributed by atoms with Crippen molar-refractivity contribution in [2.24, 2.45) is 4.99 Å². The van der Waals surface area contributed by atoms with Gasteiger partial charge in [-0.1, -0.05) is 18.2 Å². The van der Waals surface area contributed by atoms with E-state index in [1.54, 1.807) is 7.11 Å². The Morgan fingerprint density at radius 1 is 1.10 bits per heavy atom. The monoisotopic (exact) mass is 401 g/mol. The van der Waals surface area contributed by atoms with Crippen LogP contribution in [0.25, 0.3) is 0 Å². The predicted octanol–water partition coefficient (Wildman–Crippen LogP) is 1.44. The van der Waals surface area contributed by atoms with Crippen LogP contribution in [0.2, 0.25) is 0 Å². The zero-order valence-corrected chi connectivity index (χ0v) is 18.1. The smallest absolute Gasteiger partial charge is 0.239 e. The largest absolute Gasteiger partial charge is 0.496 e. The first-order valence-electron chi connectivity index (χ1n) is 10.7. The van der Waals surface area contributed by atoms with Gasteiger partial charge in [-0.25, -0.2) is 0 Å². The number of hydrogen-bond donors (Lipinski definition) is 1. The first-order valence-corrected chi connectivity index (χ1v) is 10.7. The molecule has 0 spiro atoms. The number of piperazine rings is 1. The molecule has 2 saturated heterocycles. The molecule has 1 unspecified atom stereocenters. The molecular weight excluding hydrogens is 366 g/mol. The van der Waals surface area contributed by atoms with Gasteiger partial charge < -0.3 is 19.9 Å². The van der Waals surface area contributed by atoms with Gasteiger partial charge in [-0.2, -0.15) is 0 Å². The molecule has 1 aromatic rings. The quantitative estimate of drug-likeness (QED) is 0.577. The normalized spacial score (nSPS) is 19.3. The van der Waals surface area contributed by atoms with Crippen LogP contribution < -0.4 is 10.1 Å². The highest BCUT2D eigenvalue weighted by molar-refractivity contribution is 5.82. The lowest BCUT2D eigenvalue weighted by molar-refractivity contribution is -0.135. The van der Waals surface area contributed by atoms with Crippen LogP contribution in [0, 0.1) is 0 Å². The standard InChI is InChI=1S/C22H35N5O2/c1-18(21(28)26-12-6-7-13-26)25-14-16-27(17-15-25)22(23-2)24-11-10-19-8-4-5-9-20(19)29-3/h4-5,8-9,18H,6-7,10-17H2,1-3H3,(H,23,24). The summed E-state index contributed by atoms with van der Waals surface area (Å²) in [6.45, 7) is 8.23. The van der Waals surface area contributed by atoms with Crippen molar-refractivity contribution in [2.75, 3.05) is 60.0 Å². The van der Waals surface area contributed by atoms with Crippen LogP contribution in [0.3, 0.4) is 0 Å². The van der Waals surface area contributed by atoms with E-state index in [-0.39, 0.29) is 11.9 Å². The molecule has 2 heterocycles. The fourth-order valence-electron chi connectivity index (χ4n) is 4.23. The van der Waals surface area contributed by atoms with Crippen LogP contribution in [-0.2, 0) is 11.2 Å². The van der Waals surface area contributed by atoms with Crippen molar-refractivity contribution in [1.82, 2.24) is 20.0 Å². The molecule has 7 nitrogen and oxygen atoms in total. The minimum Gasteiger partial charge on any atom is -0.496 e. The Hall–Kier alpha value is -2.28. The highest BCUT2D eigenvalue weighted by atomic mass is 16.5. The van der Waals surface area contributed by atoms with Crippen LogP contribution in [0.5, 0.6) is 5.75 Å². The first-order chi connectivity index (χ1) is 14.1. The second kappa shape index (κ2) is 10.5. The molecule has 0 radical (unpaired) electrons. The molecule has 2 aliphatic heterocycles. The molecule has 0 aromatic heterocycles. The summed E-state index contributed by atoms with van der Waals surface area (Å²) in [5.41, 5.74) is 1.19. The number of carbonyl (C=O) groups excluding carboxylic acids is 1. The molecule has 29 heavy (non-hydrogen) atoms. The topological polar surface area (TPSA) is 60.4 Å². The van der Waals surface area contributed by atoms with E-state index in [4.69, 9.17) is 4.74 Å². The van der Waals surface area contributed by atoms with E-state index < -0.39 is 0 Å². The number of para-hydroxylation sites is 1. The second-order valence-corrected chi connectivity index (χ2v) is 7.77. The number of guanidine groups is 1. The summed E-state index contributed by atoms with van der Waals surface area (Å²) in [4.78, 5) is 23.7. The Morgan fingerprint density at radius 2 is 1.79 bits per heavy atom. The third-order valence-electron chi connectivity index (χ3n) is 6.02. The summed E-state index contributed by atoms with van der Waals surface area (Å²) in [6, 6.07) is 8.09. The van der Waals surface area contributed by atoms with E-state index >= 15 is 0 Å². The fourth-order valence-corrected chi connectivity index (χ4v) is 4.23. The Balaban J connectivity index is 1.45. The lowest BCUT2D eigenvalue weighted by Crippen LogP contribution is -2.57. The molecule has 1 aromatic carbocycles. The number of rotatable bonds is 6. The maximum absolute atomic E-state index is 12.7. The lowest BCUT2D eigenvalue weighted by Gasteiger charge is -2.39. The molecule has 3 rings (SSSR count). The maximum atomic E-state index is 12.7. The number of hydrogen-bond acceptors (Lipinski definition) is 4. The van der Waals surface area contributed by atoms with Crippen LogP contribution >= 0.6 is 0 Å². The number of carbonyl (C=O) groups is 1. The van der Waals surface area contributed by atoms with E-state index in [0.29, 0.717) is 0 Å². The highest BCUT2D eigenvalue weighted by Crippen LogP contribution is 2.17. The van der Waals surface area contributed by atoms with Gasteiger partial charge in [-0.3, -0.25) is 14.7 Å². The molecule has 2 aliphatic rings. The lowest BCUT2D eigenvalue weighted by atomic mass is 10.1. The number of methoxy groups -OCH3 is 1. The number of benzene rings is 1. The number of ether oxygens (including phenoxy) is 1. The third kappa shape index (κ3) is 5.41. The molecular formula is C22H35N5O2. The van der Waals surface area contributed by atoms with Gasteiger partial charge >= 0.3 is 0 Å². The number of aliphatic imine (C=N–C) groups is 1. The summed E-state index contributed by atoms with van der Waals surface area (Å²) in [5.74, 6) is 2.14. The molecule has 1 amide bonds. The summed E-state index contributed by atoms with van der Waals surface area (Å²) in [6.07, 6.45) is 3.16. The zero-order valence-electron chi connectivity index (χ0n) is 18.1. The summed E-state index contributed by atoms with van der Waals surface area (Å²) < 4.78 is 5.43. The van der Waals surface area contributed by atoms with Crippen molar-refractivity contribution in [3.05, 3.63) is 29.8 Å². The minimum absolute atomic E-state index is 0.0317. The van der Waals surface area contributed by atoms with Gasteiger partial charge in [-0.05, 0) is 37.8 Å². The number of nitrogens with zero attached hydrogens (tertiary/aromatic N) is 4. The molecule has 1 N–H and O–H groups in total. The van der Waals surface area contributed by atoms with Crippen molar-refractivity contribution in [3.63, 3.8) is 0 Å². The van der Waals surface area contributed by atoms with Gasteiger partial charge in [-0.15, -0.1) is 0 Å². The predicted molar refractivity (Wildman–Crippen MR) is 116 cm³/mol. The van der Waals surface area contributed by atoms with E-state index in [2.05, 4.69) is 33.1 Å². The van der Waals surface area contributed by atoms with E-state index in [1.807, 2.05) is 30.1 Å². The van der Waals surface area contributed by atoms with Crippen LogP contribution in [0.1, 0.15) is 25.3 Å². The van der Waals surface area contributed by atoms with Crippen LogP contribution in [-0.4, -0.2) is 92.6 Å². The summed E-state index contributed by atoms with van der Waals surface area (Å²) >= 11 is 0. The van der Waals surface area contributed by atoms with Gasteiger partial charge in [0.05, 0.1) is 13.2 Å². The molecule has 7 heteroatoms. The van der Waals surface area contributed by atoms with Crippen molar-refractivity contribution >= 4 is 11.9 Å². The van der Waals surface area contributed by atoms with Crippen LogP contribution in [0.4, 0.5) is 0 Å². The van der Waals surface area contributed by atoms with Gasteiger partial charge in [0, 0.05) is 52.9 Å². The SMILES string of the molecule is CN=C(NCCc1ccccc1OC)N1CCN(C(C)C(=O)N2CCCC2)CC1. The van der Waals surface area contributed by atoms with E-state index in [9.17, 15) is 4.79 Å². The van der Waals surface area contributed by atoms with Crippen molar-refractivity contribution in [1.29, 1.82) is 0 Å². The Morgan fingerprint density at radius 3 is 2.45 bits per heavy atom. The van der Waals surface area contributed by atoms with E-state index in [1.165, 1.54) is 5.56 Å². The minimum atomic E-state index is -0.0317. The Labute approximate surface area is 174 Å². The van der Waals surface area contributed by atoms with Crippen molar-refractivity contribution in [3.8, 4) is 5.75 Å². The van der Waals surface area contributed by atoms with E-state index in [0.717, 1.165) is 76.8 Å². The molecule has 160 valence electrons. The van der Waals surface area contributed by atoms with Gasteiger partial charge in [0.2, 0.25) is 5.91 Å². The van der Waals surface area contributed by atoms with Crippen LogP contribution in [0.15, 0.2) is 29.3 Å². The Bertz CT molecular complexity index is 694. The molecule has 1 atom stereocenters. The second-order valence-electron chi connectivity index (χ2n) is 7.77. The first kappa shape index (κ1) is 21.4. The fraction of sp³-hybridized carbons (Fsp3) is 0.636. The molecule has 0 saturated carbocycles. The summed E-state index contributed by atoms with van der Waals surface area (Å²) in [5, 5.41) is 3.48. The van der Waals surface area contributed by atoms with Gasteiger partial charge in [0.15, 0.2) is 5.96 Å². The van der Waals surface area contributed by atoms with Crippen molar-refractivity contribution < 1.29 is 9.53 Å². The van der Waals surface area contributed by atoms with Gasteiger partial charge in [0.25, 0.3) is 0 Å². The zero-order chi connectivity index (χ0) is 20.6. The van der Waals surface area contributed by atoms with Crippen molar-refractivity contribution in [2.45, 2.75) is 32.2 Å². The average molecular weight is 402 g/mol.